The molecule has 0 spiro atoms. The third-order valence-electron chi connectivity index (χ3n) is 2.81. The lowest BCUT2D eigenvalue weighted by atomic mass is 9.88. The quantitative estimate of drug-likeness (QED) is 0.773. The van der Waals surface area contributed by atoms with Crippen molar-refractivity contribution in [2.75, 3.05) is 6.54 Å². The predicted octanol–water partition coefficient (Wildman–Crippen LogP) is 1.24. The van der Waals surface area contributed by atoms with Crippen molar-refractivity contribution in [1.82, 2.24) is 5.32 Å². The van der Waals surface area contributed by atoms with Crippen molar-refractivity contribution < 1.29 is 4.79 Å². The first kappa shape index (κ1) is 9.41. The molecule has 2 nitrogen and oxygen atoms in total. The standard InChI is InChI=1S/C12H14NO/c14-8-7-13-12-6-5-10-3-1-2-4-11(10)9-12/h1-4,12-13H,5-7,9H2/t12-/m0/s1. The molecule has 0 aliphatic heterocycles. The van der Waals surface area contributed by atoms with Gasteiger partial charge in [0.1, 0.15) is 0 Å². The molecule has 14 heavy (non-hydrogen) atoms. The molecule has 0 saturated carbocycles. The Kier molecular flexibility index (Phi) is 2.94. The Hall–Kier alpha value is -1.15. The van der Waals surface area contributed by atoms with Gasteiger partial charge in [-0.05, 0) is 30.4 Å². The minimum absolute atomic E-state index is 0.354. The van der Waals surface area contributed by atoms with Crippen molar-refractivity contribution in [3.8, 4) is 0 Å². The summed E-state index contributed by atoms with van der Waals surface area (Å²) in [6.45, 7) is 0.354. The van der Waals surface area contributed by atoms with Gasteiger partial charge in [-0.1, -0.05) is 24.3 Å². The summed E-state index contributed by atoms with van der Waals surface area (Å²) >= 11 is 0. The van der Waals surface area contributed by atoms with Crippen LogP contribution in [0.3, 0.4) is 0 Å². The monoisotopic (exact) mass is 188 g/mol. The first-order valence-electron chi connectivity index (χ1n) is 5.05. The summed E-state index contributed by atoms with van der Waals surface area (Å²) in [5.41, 5.74) is 2.88. The van der Waals surface area contributed by atoms with E-state index in [4.69, 9.17) is 0 Å². The van der Waals surface area contributed by atoms with Crippen LogP contribution >= 0.6 is 0 Å². The molecule has 0 amide bonds. The van der Waals surface area contributed by atoms with Gasteiger partial charge in [0.15, 0.2) is 0 Å². The highest BCUT2D eigenvalue weighted by Crippen LogP contribution is 2.20. The number of carbonyl (C=O) groups excluding carboxylic acids is 1. The molecule has 0 heterocycles. The van der Waals surface area contributed by atoms with E-state index in [-0.39, 0.29) is 0 Å². The molecule has 1 aromatic carbocycles. The average molecular weight is 188 g/mol. The molecule has 2 rings (SSSR count). The van der Waals surface area contributed by atoms with Crippen LogP contribution in [0, 0.1) is 0 Å². The van der Waals surface area contributed by atoms with Gasteiger partial charge >= 0.3 is 0 Å². The largest absolute Gasteiger partial charge is 0.306 e. The molecule has 0 fully saturated rings. The van der Waals surface area contributed by atoms with Gasteiger partial charge < -0.3 is 5.32 Å². The fourth-order valence-corrected chi connectivity index (χ4v) is 2.06. The van der Waals surface area contributed by atoms with E-state index in [1.54, 1.807) is 0 Å². The fraction of sp³-hybridized carbons (Fsp3) is 0.417. The van der Waals surface area contributed by atoms with E-state index in [0.717, 1.165) is 19.3 Å². The van der Waals surface area contributed by atoms with Gasteiger partial charge in [-0.15, -0.1) is 0 Å². The van der Waals surface area contributed by atoms with Crippen LogP contribution in [0.4, 0.5) is 0 Å². The Morgan fingerprint density at radius 1 is 1.36 bits per heavy atom. The molecular formula is C12H14NO. The normalized spacial score (nSPS) is 20.1. The van der Waals surface area contributed by atoms with Crippen molar-refractivity contribution in [3.05, 3.63) is 35.4 Å². The molecule has 2 heteroatoms. The second-order valence-electron chi connectivity index (χ2n) is 3.73. The third kappa shape index (κ3) is 2.02. The van der Waals surface area contributed by atoms with Crippen LogP contribution in [0.25, 0.3) is 0 Å². The van der Waals surface area contributed by atoms with Gasteiger partial charge in [0.2, 0.25) is 6.29 Å². The van der Waals surface area contributed by atoms with Crippen LogP contribution in [-0.4, -0.2) is 18.9 Å². The van der Waals surface area contributed by atoms with E-state index in [2.05, 4.69) is 29.6 Å². The van der Waals surface area contributed by atoms with Crippen molar-refractivity contribution >= 4 is 6.29 Å². The maximum Gasteiger partial charge on any atom is 0.213 e. The second kappa shape index (κ2) is 4.38. The Balaban J connectivity index is 2.02. The maximum absolute atomic E-state index is 10.1. The highest BCUT2D eigenvalue weighted by atomic mass is 16.1. The smallest absolute Gasteiger partial charge is 0.213 e. The van der Waals surface area contributed by atoms with Crippen LogP contribution in [0.15, 0.2) is 24.3 Å². The van der Waals surface area contributed by atoms with E-state index in [1.165, 1.54) is 11.1 Å². The SMILES string of the molecule is O=[C]CN[C@H]1CCc2ccccc2C1. The highest BCUT2D eigenvalue weighted by Gasteiger charge is 2.16. The van der Waals surface area contributed by atoms with Crippen molar-refractivity contribution in [3.63, 3.8) is 0 Å². The average Bonchev–Trinajstić information content (AvgIpc) is 2.26. The topological polar surface area (TPSA) is 29.1 Å². The van der Waals surface area contributed by atoms with Gasteiger partial charge in [-0.25, -0.2) is 0 Å². The van der Waals surface area contributed by atoms with E-state index >= 15 is 0 Å². The Labute approximate surface area is 84.3 Å². The van der Waals surface area contributed by atoms with Gasteiger partial charge in [0, 0.05) is 6.04 Å². The predicted molar refractivity (Wildman–Crippen MR) is 56.0 cm³/mol. The molecular weight excluding hydrogens is 174 g/mol. The Morgan fingerprint density at radius 2 is 2.14 bits per heavy atom. The van der Waals surface area contributed by atoms with E-state index in [1.807, 2.05) is 6.29 Å². The van der Waals surface area contributed by atoms with Crippen LogP contribution in [-0.2, 0) is 17.6 Å². The number of hydrogen-bond acceptors (Lipinski definition) is 2. The minimum Gasteiger partial charge on any atom is -0.306 e. The van der Waals surface area contributed by atoms with Crippen molar-refractivity contribution in [1.29, 1.82) is 0 Å². The minimum atomic E-state index is 0.354. The first-order valence-corrected chi connectivity index (χ1v) is 5.05. The first-order chi connectivity index (χ1) is 6.90. The summed E-state index contributed by atoms with van der Waals surface area (Å²) in [5.74, 6) is 0. The second-order valence-corrected chi connectivity index (χ2v) is 3.73. The van der Waals surface area contributed by atoms with E-state index < -0.39 is 0 Å². The van der Waals surface area contributed by atoms with Gasteiger partial charge in [0.25, 0.3) is 0 Å². The number of benzene rings is 1. The van der Waals surface area contributed by atoms with Crippen molar-refractivity contribution in [2.24, 2.45) is 0 Å². The van der Waals surface area contributed by atoms with E-state index in [0.29, 0.717) is 12.6 Å². The van der Waals surface area contributed by atoms with Crippen LogP contribution in [0.2, 0.25) is 0 Å². The number of nitrogens with one attached hydrogen (secondary N) is 1. The lowest BCUT2D eigenvalue weighted by molar-refractivity contribution is 0.473. The number of fused-ring (bicyclic) bond motifs is 1. The molecule has 0 bridgehead atoms. The molecule has 1 atom stereocenters. The molecule has 0 saturated heterocycles. The van der Waals surface area contributed by atoms with Crippen LogP contribution < -0.4 is 5.32 Å². The van der Waals surface area contributed by atoms with Crippen molar-refractivity contribution in [2.45, 2.75) is 25.3 Å². The number of aryl methyl sites for hydroxylation is 1. The summed E-state index contributed by atoms with van der Waals surface area (Å²) in [7, 11) is 0. The van der Waals surface area contributed by atoms with Gasteiger partial charge in [-0.3, -0.25) is 4.79 Å². The molecule has 73 valence electrons. The summed E-state index contributed by atoms with van der Waals surface area (Å²) in [6.07, 6.45) is 5.16. The summed E-state index contributed by atoms with van der Waals surface area (Å²) < 4.78 is 0. The zero-order valence-corrected chi connectivity index (χ0v) is 8.12. The molecule has 1 aromatic rings. The highest BCUT2D eigenvalue weighted by molar-refractivity contribution is 5.53. The fourth-order valence-electron chi connectivity index (χ4n) is 2.06. The Morgan fingerprint density at radius 3 is 2.93 bits per heavy atom. The summed E-state index contributed by atoms with van der Waals surface area (Å²) in [6, 6.07) is 8.98. The van der Waals surface area contributed by atoms with Gasteiger partial charge in [-0.2, -0.15) is 0 Å². The van der Waals surface area contributed by atoms with E-state index in [9.17, 15) is 4.79 Å². The summed E-state index contributed by atoms with van der Waals surface area (Å²) in [5, 5.41) is 3.19. The summed E-state index contributed by atoms with van der Waals surface area (Å²) in [4.78, 5) is 10.1. The van der Waals surface area contributed by atoms with Crippen LogP contribution in [0.5, 0.6) is 0 Å². The van der Waals surface area contributed by atoms with Gasteiger partial charge in [0.05, 0.1) is 6.54 Å². The third-order valence-corrected chi connectivity index (χ3v) is 2.81. The maximum atomic E-state index is 10.1. The lowest BCUT2D eigenvalue weighted by Crippen LogP contribution is -2.35. The Bertz CT molecular complexity index is 322. The number of hydrogen-bond donors (Lipinski definition) is 1. The zero-order chi connectivity index (χ0) is 9.80. The molecule has 1 aliphatic rings. The lowest BCUT2D eigenvalue weighted by Gasteiger charge is -2.24. The molecule has 1 aliphatic carbocycles. The molecule has 0 unspecified atom stereocenters. The molecule has 1 radical (unpaired) electrons. The molecule has 0 aromatic heterocycles. The number of rotatable bonds is 3. The van der Waals surface area contributed by atoms with Crippen LogP contribution in [0.1, 0.15) is 17.5 Å². The molecule has 1 N–H and O–H groups in total. The zero-order valence-electron chi connectivity index (χ0n) is 8.12.